The molecule has 7 heteroatoms. The standard InChI is InChI=1S/C54H102N2O5/c1-7-11-15-25-36-50(37-26-16-12-8-2)40-34-48-60-53(58)43-29-21-19-23-31-46-56(52(57)42-33-45-55(5)6)47-32-24-20-22-30-44-54(59)61-49-35-41-51(38-27-17-13-9-3)39-28-18-14-10-4/h34-35,40-41,50-51H,7-33,36-39,42-49H2,1-6H3/b40-34-,41-35-. The molecule has 0 aromatic heterocycles. The van der Waals surface area contributed by atoms with Crippen molar-refractivity contribution >= 4 is 17.8 Å². The third-order valence-corrected chi connectivity index (χ3v) is 12.2. The van der Waals surface area contributed by atoms with Crippen LogP contribution in [0.3, 0.4) is 0 Å². The molecule has 0 radical (unpaired) electrons. The Hall–Kier alpha value is -2.15. The van der Waals surface area contributed by atoms with Gasteiger partial charge >= 0.3 is 11.9 Å². The first-order valence-corrected chi connectivity index (χ1v) is 26.3. The summed E-state index contributed by atoms with van der Waals surface area (Å²) in [6.07, 6.45) is 47.1. The van der Waals surface area contributed by atoms with Crippen molar-refractivity contribution in [3.8, 4) is 0 Å². The zero-order valence-electron chi connectivity index (χ0n) is 41.5. The van der Waals surface area contributed by atoms with Gasteiger partial charge in [0.15, 0.2) is 0 Å². The van der Waals surface area contributed by atoms with Gasteiger partial charge in [-0.05, 0) is 90.3 Å². The first-order valence-electron chi connectivity index (χ1n) is 26.3. The molecule has 0 atom stereocenters. The van der Waals surface area contributed by atoms with Crippen molar-refractivity contribution in [1.82, 2.24) is 9.80 Å². The van der Waals surface area contributed by atoms with Crippen LogP contribution in [0.15, 0.2) is 24.3 Å². The molecule has 0 spiro atoms. The number of esters is 2. The molecule has 0 fully saturated rings. The highest BCUT2D eigenvalue weighted by molar-refractivity contribution is 5.76. The summed E-state index contributed by atoms with van der Waals surface area (Å²) in [4.78, 5) is 42.2. The molecule has 0 aliphatic rings. The van der Waals surface area contributed by atoms with Crippen LogP contribution < -0.4 is 0 Å². The van der Waals surface area contributed by atoms with Gasteiger partial charge < -0.3 is 19.3 Å². The van der Waals surface area contributed by atoms with Crippen LogP contribution in [0.1, 0.15) is 246 Å². The molecule has 1 amide bonds. The predicted molar refractivity (Wildman–Crippen MR) is 262 cm³/mol. The van der Waals surface area contributed by atoms with E-state index in [1.54, 1.807) is 0 Å². The highest BCUT2D eigenvalue weighted by Crippen LogP contribution is 2.21. The van der Waals surface area contributed by atoms with Crippen molar-refractivity contribution in [1.29, 1.82) is 0 Å². The second-order valence-electron chi connectivity index (χ2n) is 18.5. The quantitative estimate of drug-likeness (QED) is 0.0345. The molecule has 61 heavy (non-hydrogen) atoms. The fourth-order valence-corrected chi connectivity index (χ4v) is 8.20. The average Bonchev–Trinajstić information content (AvgIpc) is 3.24. The lowest BCUT2D eigenvalue weighted by atomic mass is 9.94. The van der Waals surface area contributed by atoms with Gasteiger partial charge in [0.25, 0.3) is 0 Å². The Morgan fingerprint density at radius 3 is 1.11 bits per heavy atom. The number of ether oxygens (including phenoxy) is 2. The van der Waals surface area contributed by atoms with Gasteiger partial charge in [0.05, 0.1) is 0 Å². The Balaban J connectivity index is 4.40. The zero-order chi connectivity index (χ0) is 44.9. The summed E-state index contributed by atoms with van der Waals surface area (Å²) in [5.74, 6) is 1.31. The molecule has 0 rings (SSSR count). The monoisotopic (exact) mass is 859 g/mol. The minimum absolute atomic E-state index is 0.0885. The molecule has 0 aromatic carbocycles. The summed E-state index contributed by atoms with van der Waals surface area (Å²) in [6.45, 7) is 12.4. The molecule has 0 aliphatic heterocycles. The second kappa shape index (κ2) is 45.9. The van der Waals surface area contributed by atoms with Crippen molar-refractivity contribution < 1.29 is 23.9 Å². The number of hydrogen-bond acceptors (Lipinski definition) is 6. The Labute approximate surface area is 379 Å². The summed E-state index contributed by atoms with van der Waals surface area (Å²) in [6, 6.07) is 0. The highest BCUT2D eigenvalue weighted by Gasteiger charge is 2.14. The van der Waals surface area contributed by atoms with Crippen LogP contribution in [0.4, 0.5) is 0 Å². The maximum atomic E-state index is 13.2. The van der Waals surface area contributed by atoms with E-state index in [9.17, 15) is 14.4 Å². The third kappa shape index (κ3) is 41.6. The molecule has 0 N–H and O–H groups in total. The Morgan fingerprint density at radius 1 is 0.410 bits per heavy atom. The summed E-state index contributed by atoms with van der Waals surface area (Å²) in [5, 5.41) is 0. The fourth-order valence-electron chi connectivity index (χ4n) is 8.20. The summed E-state index contributed by atoms with van der Waals surface area (Å²) >= 11 is 0. The molecule has 7 nitrogen and oxygen atoms in total. The van der Waals surface area contributed by atoms with E-state index in [0.717, 1.165) is 90.3 Å². The Morgan fingerprint density at radius 2 is 0.754 bits per heavy atom. The second-order valence-corrected chi connectivity index (χ2v) is 18.5. The van der Waals surface area contributed by atoms with Crippen molar-refractivity contribution in [2.75, 3.05) is 46.9 Å². The maximum Gasteiger partial charge on any atom is 0.306 e. The van der Waals surface area contributed by atoms with E-state index in [2.05, 4.69) is 75.9 Å². The molecule has 0 aliphatic carbocycles. The van der Waals surface area contributed by atoms with Gasteiger partial charge in [-0.15, -0.1) is 0 Å². The first-order chi connectivity index (χ1) is 29.8. The van der Waals surface area contributed by atoms with E-state index in [0.29, 0.717) is 44.3 Å². The van der Waals surface area contributed by atoms with Crippen LogP contribution in [0.5, 0.6) is 0 Å². The van der Waals surface area contributed by atoms with E-state index in [1.807, 2.05) is 0 Å². The number of hydrogen-bond donors (Lipinski definition) is 0. The van der Waals surface area contributed by atoms with Gasteiger partial charge in [0.1, 0.15) is 13.2 Å². The van der Waals surface area contributed by atoms with Gasteiger partial charge in [-0.3, -0.25) is 14.4 Å². The van der Waals surface area contributed by atoms with Crippen LogP contribution >= 0.6 is 0 Å². The minimum atomic E-state index is -0.0885. The summed E-state index contributed by atoms with van der Waals surface area (Å²) in [5.41, 5.74) is 0. The molecule has 0 aromatic rings. The average molecular weight is 859 g/mol. The lowest BCUT2D eigenvalue weighted by molar-refractivity contribution is -0.143. The van der Waals surface area contributed by atoms with Crippen LogP contribution in [0, 0.1) is 11.8 Å². The number of nitrogens with zero attached hydrogens (tertiary/aromatic N) is 2. The van der Waals surface area contributed by atoms with Gasteiger partial charge in [-0.1, -0.05) is 193 Å². The first kappa shape index (κ1) is 58.9. The number of carbonyl (C=O) groups excluding carboxylic acids is 3. The smallest absolute Gasteiger partial charge is 0.306 e. The molecular weight excluding hydrogens is 757 g/mol. The summed E-state index contributed by atoms with van der Waals surface area (Å²) in [7, 11) is 4.11. The SMILES string of the molecule is CCCCCCC(/C=C\COC(=O)CCCCCCCN(CCCCCCCC(=O)OC/C=C\C(CCCCCC)CCCCCC)C(=O)CCCN(C)C)CCCCCC. The molecule has 0 unspecified atom stereocenters. The van der Waals surface area contributed by atoms with Crippen LogP contribution in [-0.2, 0) is 23.9 Å². The van der Waals surface area contributed by atoms with E-state index in [4.69, 9.17) is 9.47 Å². The van der Waals surface area contributed by atoms with Crippen molar-refractivity contribution in [2.45, 2.75) is 246 Å². The topological polar surface area (TPSA) is 76.1 Å². The molecule has 0 heterocycles. The maximum absolute atomic E-state index is 13.2. The fraction of sp³-hybridized carbons (Fsp3) is 0.870. The van der Waals surface area contributed by atoms with E-state index in [1.165, 1.54) is 128 Å². The van der Waals surface area contributed by atoms with E-state index < -0.39 is 0 Å². The van der Waals surface area contributed by atoms with E-state index >= 15 is 0 Å². The number of allylic oxidation sites excluding steroid dienone is 2. The van der Waals surface area contributed by atoms with Crippen molar-refractivity contribution in [2.24, 2.45) is 11.8 Å². The van der Waals surface area contributed by atoms with Crippen LogP contribution in [-0.4, -0.2) is 74.6 Å². The number of rotatable bonds is 46. The lowest BCUT2D eigenvalue weighted by Crippen LogP contribution is -2.33. The Kier molecular flexibility index (Phi) is 44.2. The van der Waals surface area contributed by atoms with E-state index in [-0.39, 0.29) is 17.8 Å². The van der Waals surface area contributed by atoms with Gasteiger partial charge in [-0.2, -0.15) is 0 Å². The minimum Gasteiger partial charge on any atom is -0.461 e. The van der Waals surface area contributed by atoms with Gasteiger partial charge in [0, 0.05) is 32.4 Å². The third-order valence-electron chi connectivity index (χ3n) is 12.2. The lowest BCUT2D eigenvalue weighted by Gasteiger charge is -2.23. The normalized spacial score (nSPS) is 11.9. The Bertz CT molecular complexity index is 950. The predicted octanol–water partition coefficient (Wildman–Crippen LogP) is 15.2. The van der Waals surface area contributed by atoms with Crippen LogP contribution in [0.2, 0.25) is 0 Å². The largest absolute Gasteiger partial charge is 0.461 e. The molecule has 0 saturated carbocycles. The highest BCUT2D eigenvalue weighted by atomic mass is 16.5. The van der Waals surface area contributed by atoms with Crippen LogP contribution in [0.25, 0.3) is 0 Å². The van der Waals surface area contributed by atoms with Gasteiger partial charge in [-0.25, -0.2) is 0 Å². The molecule has 0 saturated heterocycles. The zero-order valence-corrected chi connectivity index (χ0v) is 41.5. The summed E-state index contributed by atoms with van der Waals surface area (Å²) < 4.78 is 11.1. The van der Waals surface area contributed by atoms with Gasteiger partial charge in [0.2, 0.25) is 5.91 Å². The number of carbonyl (C=O) groups is 3. The van der Waals surface area contributed by atoms with Crippen molar-refractivity contribution in [3.63, 3.8) is 0 Å². The number of amides is 1. The molecule has 358 valence electrons. The molecular formula is C54H102N2O5. The number of unbranched alkanes of at least 4 members (excludes halogenated alkanes) is 20. The molecule has 0 bridgehead atoms. The van der Waals surface area contributed by atoms with Crippen molar-refractivity contribution in [3.05, 3.63) is 24.3 Å².